The standard InChI is InChI=1S/C16H15F2N3S/c1-11(14-9-13(17)7-8-15(14)18)20-21-16(22)19-10-12-5-3-2-4-6-12/h2-9H,10H2,1H3,(H2,19,21,22)/b20-11-. The van der Waals surface area contributed by atoms with E-state index in [1.807, 2.05) is 30.3 Å². The third-order valence-corrected chi connectivity index (χ3v) is 3.17. The smallest absolute Gasteiger partial charge is 0.187 e. The summed E-state index contributed by atoms with van der Waals surface area (Å²) in [7, 11) is 0. The summed E-state index contributed by atoms with van der Waals surface area (Å²) in [6, 6.07) is 12.9. The van der Waals surface area contributed by atoms with Crippen LogP contribution in [0.25, 0.3) is 0 Å². The summed E-state index contributed by atoms with van der Waals surface area (Å²) in [6.45, 7) is 2.13. The fourth-order valence-electron chi connectivity index (χ4n) is 1.79. The number of halogens is 2. The van der Waals surface area contributed by atoms with Crippen molar-refractivity contribution in [3.8, 4) is 0 Å². The van der Waals surface area contributed by atoms with Crippen LogP contribution >= 0.6 is 12.2 Å². The number of hydrogen-bond donors (Lipinski definition) is 2. The number of nitrogens with zero attached hydrogens (tertiary/aromatic N) is 1. The maximum Gasteiger partial charge on any atom is 0.187 e. The molecule has 0 aliphatic rings. The highest BCUT2D eigenvalue weighted by Gasteiger charge is 2.07. The van der Waals surface area contributed by atoms with Crippen LogP contribution in [0, 0.1) is 11.6 Å². The van der Waals surface area contributed by atoms with Crippen LogP contribution in [0.4, 0.5) is 8.78 Å². The quantitative estimate of drug-likeness (QED) is 0.515. The van der Waals surface area contributed by atoms with Gasteiger partial charge in [0.05, 0.1) is 5.71 Å². The van der Waals surface area contributed by atoms with E-state index in [9.17, 15) is 8.78 Å². The van der Waals surface area contributed by atoms with Gasteiger partial charge in [-0.15, -0.1) is 0 Å². The maximum atomic E-state index is 13.6. The molecule has 0 spiro atoms. The lowest BCUT2D eigenvalue weighted by Gasteiger charge is -2.08. The Morgan fingerprint density at radius 1 is 1.14 bits per heavy atom. The van der Waals surface area contributed by atoms with Gasteiger partial charge in [-0.3, -0.25) is 5.43 Å². The van der Waals surface area contributed by atoms with Gasteiger partial charge in [-0.25, -0.2) is 8.78 Å². The van der Waals surface area contributed by atoms with Gasteiger partial charge < -0.3 is 5.32 Å². The van der Waals surface area contributed by atoms with Crippen LogP contribution in [-0.2, 0) is 6.54 Å². The van der Waals surface area contributed by atoms with Crippen molar-refractivity contribution in [2.24, 2.45) is 5.10 Å². The third-order valence-electron chi connectivity index (χ3n) is 2.94. The second-order valence-corrected chi connectivity index (χ2v) is 5.01. The van der Waals surface area contributed by atoms with Crippen LogP contribution < -0.4 is 10.7 Å². The first kappa shape index (κ1) is 16.0. The predicted octanol–water partition coefficient (Wildman–Crippen LogP) is 3.35. The Balaban J connectivity index is 1.93. The van der Waals surface area contributed by atoms with E-state index in [4.69, 9.17) is 12.2 Å². The van der Waals surface area contributed by atoms with Crippen molar-refractivity contribution in [3.05, 3.63) is 71.3 Å². The molecule has 2 aromatic carbocycles. The van der Waals surface area contributed by atoms with Gasteiger partial charge in [0, 0.05) is 12.1 Å². The molecular weight excluding hydrogens is 304 g/mol. The van der Waals surface area contributed by atoms with E-state index in [-0.39, 0.29) is 5.56 Å². The summed E-state index contributed by atoms with van der Waals surface area (Å²) in [4.78, 5) is 0. The van der Waals surface area contributed by atoms with E-state index in [2.05, 4.69) is 15.8 Å². The van der Waals surface area contributed by atoms with Crippen LogP contribution in [0.2, 0.25) is 0 Å². The van der Waals surface area contributed by atoms with E-state index in [1.54, 1.807) is 6.92 Å². The highest BCUT2D eigenvalue weighted by molar-refractivity contribution is 7.80. The molecule has 0 unspecified atom stereocenters. The van der Waals surface area contributed by atoms with Crippen molar-refractivity contribution in [2.75, 3.05) is 0 Å². The van der Waals surface area contributed by atoms with Crippen molar-refractivity contribution < 1.29 is 8.78 Å². The molecule has 2 aromatic rings. The lowest BCUT2D eigenvalue weighted by molar-refractivity contribution is 0.597. The van der Waals surface area contributed by atoms with E-state index in [0.717, 1.165) is 23.8 Å². The number of benzene rings is 2. The number of hydrazone groups is 1. The first-order valence-corrected chi connectivity index (χ1v) is 7.04. The Morgan fingerprint density at radius 2 is 1.86 bits per heavy atom. The molecule has 3 nitrogen and oxygen atoms in total. The summed E-state index contributed by atoms with van der Waals surface area (Å²) >= 11 is 5.08. The molecule has 0 atom stereocenters. The third kappa shape index (κ3) is 4.60. The minimum absolute atomic E-state index is 0.0957. The van der Waals surface area contributed by atoms with Gasteiger partial charge in [-0.2, -0.15) is 5.10 Å². The molecule has 114 valence electrons. The SMILES string of the molecule is C/C(=N/NC(=S)NCc1ccccc1)c1cc(F)ccc1F. The van der Waals surface area contributed by atoms with Crippen LogP contribution in [0.3, 0.4) is 0 Å². The Labute approximate surface area is 133 Å². The predicted molar refractivity (Wildman–Crippen MR) is 87.6 cm³/mol. The van der Waals surface area contributed by atoms with Crippen LogP contribution in [0.1, 0.15) is 18.1 Å². The summed E-state index contributed by atoms with van der Waals surface area (Å²) in [6.07, 6.45) is 0. The zero-order valence-corrected chi connectivity index (χ0v) is 12.8. The zero-order chi connectivity index (χ0) is 15.9. The minimum atomic E-state index is -0.535. The first-order chi connectivity index (χ1) is 10.6. The van der Waals surface area contributed by atoms with Gasteiger partial charge in [-0.05, 0) is 42.9 Å². The second kappa shape index (κ2) is 7.61. The molecular formula is C16H15F2N3S. The molecule has 0 heterocycles. The fourth-order valence-corrected chi connectivity index (χ4v) is 1.91. The van der Waals surface area contributed by atoms with E-state index in [0.29, 0.717) is 17.4 Å². The highest BCUT2D eigenvalue weighted by atomic mass is 32.1. The molecule has 0 radical (unpaired) electrons. The molecule has 22 heavy (non-hydrogen) atoms. The van der Waals surface area contributed by atoms with Gasteiger partial charge in [0.15, 0.2) is 5.11 Å². The van der Waals surface area contributed by atoms with Crippen molar-refractivity contribution in [3.63, 3.8) is 0 Å². The van der Waals surface area contributed by atoms with Crippen molar-refractivity contribution >= 4 is 23.0 Å². The van der Waals surface area contributed by atoms with Crippen molar-refractivity contribution in [2.45, 2.75) is 13.5 Å². The number of hydrogen-bond acceptors (Lipinski definition) is 2. The number of nitrogens with one attached hydrogen (secondary N) is 2. The van der Waals surface area contributed by atoms with Crippen LogP contribution in [-0.4, -0.2) is 10.8 Å². The Hall–Kier alpha value is -2.34. The van der Waals surface area contributed by atoms with Gasteiger partial charge >= 0.3 is 0 Å². The monoisotopic (exact) mass is 319 g/mol. The summed E-state index contributed by atoms with van der Waals surface area (Å²) in [5.41, 5.74) is 4.09. The molecule has 0 aliphatic heterocycles. The largest absolute Gasteiger partial charge is 0.357 e. The Bertz CT molecular complexity index is 687. The highest BCUT2D eigenvalue weighted by Crippen LogP contribution is 2.10. The Kier molecular flexibility index (Phi) is 5.55. The second-order valence-electron chi connectivity index (χ2n) is 4.60. The first-order valence-electron chi connectivity index (χ1n) is 6.64. The topological polar surface area (TPSA) is 36.4 Å². The molecule has 0 amide bonds. The molecule has 0 bridgehead atoms. The van der Waals surface area contributed by atoms with E-state index in [1.165, 1.54) is 0 Å². The van der Waals surface area contributed by atoms with E-state index >= 15 is 0 Å². The number of rotatable bonds is 4. The Morgan fingerprint density at radius 3 is 2.59 bits per heavy atom. The fraction of sp³-hybridized carbons (Fsp3) is 0.125. The normalized spacial score (nSPS) is 11.1. The molecule has 2 rings (SSSR count). The summed E-state index contributed by atoms with van der Waals surface area (Å²) in [5, 5.41) is 7.25. The van der Waals surface area contributed by atoms with Crippen LogP contribution in [0.15, 0.2) is 53.6 Å². The lowest BCUT2D eigenvalue weighted by Crippen LogP contribution is -2.32. The molecule has 0 aliphatic carbocycles. The molecule has 0 saturated heterocycles. The van der Waals surface area contributed by atoms with Crippen molar-refractivity contribution in [1.82, 2.24) is 10.7 Å². The molecule has 0 aromatic heterocycles. The van der Waals surface area contributed by atoms with Crippen LogP contribution in [0.5, 0.6) is 0 Å². The zero-order valence-electron chi connectivity index (χ0n) is 11.9. The van der Waals surface area contributed by atoms with Gasteiger partial charge in [-0.1, -0.05) is 30.3 Å². The van der Waals surface area contributed by atoms with Gasteiger partial charge in [0.25, 0.3) is 0 Å². The molecule has 2 N–H and O–H groups in total. The van der Waals surface area contributed by atoms with Crippen molar-refractivity contribution in [1.29, 1.82) is 0 Å². The van der Waals surface area contributed by atoms with Gasteiger partial charge in [0.2, 0.25) is 0 Å². The number of thiocarbonyl (C=S) groups is 1. The summed E-state index contributed by atoms with van der Waals surface area (Å²) < 4.78 is 26.7. The van der Waals surface area contributed by atoms with E-state index < -0.39 is 11.6 Å². The molecule has 0 fully saturated rings. The molecule has 6 heteroatoms. The lowest BCUT2D eigenvalue weighted by atomic mass is 10.1. The maximum absolute atomic E-state index is 13.6. The average Bonchev–Trinajstić information content (AvgIpc) is 2.54. The molecule has 0 saturated carbocycles. The minimum Gasteiger partial charge on any atom is -0.357 e. The van der Waals surface area contributed by atoms with Gasteiger partial charge in [0.1, 0.15) is 11.6 Å². The average molecular weight is 319 g/mol. The summed E-state index contributed by atoms with van der Waals surface area (Å²) in [5.74, 6) is -1.05.